The monoisotopic (exact) mass is 546 g/mol. The van der Waals surface area contributed by atoms with Crippen molar-refractivity contribution in [1.82, 2.24) is 4.98 Å². The van der Waals surface area contributed by atoms with Crippen LogP contribution >= 0.6 is 54.5 Å². The molecule has 0 saturated carbocycles. The maximum Gasteiger partial charge on any atom is 0.138 e. The number of hydrogen-bond donors (Lipinski definition) is 1. The van der Waals surface area contributed by atoms with Crippen molar-refractivity contribution in [1.29, 1.82) is 0 Å². The summed E-state index contributed by atoms with van der Waals surface area (Å²) < 4.78 is 2.73. The zero-order chi connectivity index (χ0) is 20.0. The van der Waals surface area contributed by atoms with E-state index in [1.165, 1.54) is 33.5 Å². The average Bonchev–Trinajstić information content (AvgIpc) is 3.30. The molecule has 0 atom stereocenters. The molecular weight excluding hydrogens is 532 g/mol. The van der Waals surface area contributed by atoms with E-state index in [0.29, 0.717) is 10.0 Å². The van der Waals surface area contributed by atoms with Gasteiger partial charge in [0.2, 0.25) is 0 Å². The van der Waals surface area contributed by atoms with Crippen LogP contribution in [0.25, 0.3) is 20.8 Å². The van der Waals surface area contributed by atoms with E-state index >= 15 is 0 Å². The maximum absolute atomic E-state index is 10.4. The third-order valence-electron chi connectivity index (χ3n) is 5.04. The van der Waals surface area contributed by atoms with Crippen molar-refractivity contribution >= 4 is 76.0 Å². The third kappa shape index (κ3) is 3.69. The maximum atomic E-state index is 10.4. The lowest BCUT2D eigenvalue weighted by Crippen LogP contribution is -1.99. The highest BCUT2D eigenvalue weighted by atomic mass is 79.9. The first-order valence-electron chi connectivity index (χ1n) is 9.32. The summed E-state index contributed by atoms with van der Waals surface area (Å²) in [7, 11) is 0. The fourth-order valence-electron chi connectivity index (χ4n) is 3.65. The number of aromatic nitrogens is 1. The molecule has 7 heteroatoms. The summed E-state index contributed by atoms with van der Waals surface area (Å²) in [5.41, 5.74) is 4.29. The Hall–Kier alpha value is -1.54. The molecular formula is C22H16Br2N2OS2. The van der Waals surface area contributed by atoms with Gasteiger partial charge in [0, 0.05) is 21.1 Å². The lowest BCUT2D eigenvalue weighted by Gasteiger charge is -2.11. The van der Waals surface area contributed by atoms with Gasteiger partial charge < -0.3 is 5.11 Å². The van der Waals surface area contributed by atoms with Crippen molar-refractivity contribution in [2.24, 2.45) is 4.99 Å². The van der Waals surface area contributed by atoms with Crippen LogP contribution in [-0.4, -0.2) is 16.3 Å². The molecule has 2 aromatic heterocycles. The van der Waals surface area contributed by atoms with Gasteiger partial charge >= 0.3 is 0 Å². The Balaban J connectivity index is 1.64. The normalized spacial score (nSPS) is 14.0. The smallest absolute Gasteiger partial charge is 0.138 e. The van der Waals surface area contributed by atoms with Crippen molar-refractivity contribution in [3.05, 3.63) is 61.3 Å². The van der Waals surface area contributed by atoms with E-state index in [9.17, 15) is 5.11 Å². The number of phenolic OH excluding ortho intramolecular Hbond substituents is 1. The number of nitrogens with zero attached hydrogens (tertiary/aromatic N) is 2. The molecule has 0 spiro atoms. The number of thiazole rings is 1. The average molecular weight is 548 g/mol. The van der Waals surface area contributed by atoms with Crippen LogP contribution in [0.2, 0.25) is 0 Å². The van der Waals surface area contributed by atoms with E-state index in [-0.39, 0.29) is 5.75 Å². The number of fused-ring (bicyclic) bond motifs is 2. The van der Waals surface area contributed by atoms with Crippen molar-refractivity contribution in [2.75, 3.05) is 0 Å². The molecule has 0 radical (unpaired) electrons. The Morgan fingerprint density at radius 2 is 1.90 bits per heavy atom. The number of aromatic hydroxyl groups is 1. The van der Waals surface area contributed by atoms with E-state index in [0.717, 1.165) is 32.8 Å². The second kappa shape index (κ2) is 7.95. The molecule has 0 amide bonds. The molecule has 4 aromatic rings. The summed E-state index contributed by atoms with van der Waals surface area (Å²) in [5.74, 6) is 0.194. The van der Waals surface area contributed by atoms with Crippen LogP contribution in [0.1, 0.15) is 28.8 Å². The summed E-state index contributed by atoms with van der Waals surface area (Å²) in [6, 6.07) is 12.0. The van der Waals surface area contributed by atoms with Crippen molar-refractivity contribution in [3.63, 3.8) is 0 Å². The van der Waals surface area contributed by atoms with E-state index < -0.39 is 0 Å². The summed E-state index contributed by atoms with van der Waals surface area (Å²) in [5, 5.41) is 12.4. The predicted octanol–water partition coefficient (Wildman–Crippen LogP) is 7.88. The molecule has 1 aliphatic rings. The molecule has 0 saturated heterocycles. The van der Waals surface area contributed by atoms with Crippen LogP contribution in [-0.2, 0) is 12.8 Å². The van der Waals surface area contributed by atoms with Gasteiger partial charge in [-0.15, -0.1) is 22.7 Å². The molecule has 5 rings (SSSR count). The second-order valence-corrected chi connectivity index (χ2v) is 10.8. The quantitative estimate of drug-likeness (QED) is 0.265. The number of halogens is 2. The molecule has 1 N–H and O–H groups in total. The Kier molecular flexibility index (Phi) is 5.32. The van der Waals surface area contributed by atoms with Crippen LogP contribution in [0.4, 0.5) is 5.00 Å². The number of thiophene rings is 1. The third-order valence-corrected chi connectivity index (χ3v) is 8.36. The van der Waals surface area contributed by atoms with E-state index in [1.54, 1.807) is 28.9 Å². The number of benzene rings is 2. The van der Waals surface area contributed by atoms with E-state index in [1.807, 2.05) is 18.2 Å². The van der Waals surface area contributed by atoms with Crippen molar-refractivity contribution < 1.29 is 5.11 Å². The molecule has 0 fully saturated rings. The molecule has 0 unspecified atom stereocenters. The van der Waals surface area contributed by atoms with Gasteiger partial charge in [-0.2, -0.15) is 0 Å². The number of aliphatic imine (C=N–C) groups is 1. The SMILES string of the molecule is Oc1c(Br)cc(Br)cc1C=Nc1sc2c(c1-c1nc3ccccc3s1)CCCC2. The van der Waals surface area contributed by atoms with Gasteiger partial charge in [-0.25, -0.2) is 9.98 Å². The minimum Gasteiger partial charge on any atom is -0.506 e. The fraction of sp³-hybridized carbons (Fsp3) is 0.182. The molecule has 0 aliphatic heterocycles. The van der Waals surface area contributed by atoms with Crippen LogP contribution in [0, 0.1) is 0 Å². The standard InChI is InChI=1S/C22H16Br2N2OS2/c23-13-9-12(20(27)15(24)10-13)11-25-21-19(14-5-1-3-7-17(14)28-21)22-26-16-6-2-4-8-18(16)29-22/h2,4,6,8-11,27H,1,3,5,7H2. The molecule has 1 aliphatic carbocycles. The number of rotatable bonds is 3. The van der Waals surface area contributed by atoms with Crippen LogP contribution in [0.5, 0.6) is 5.75 Å². The summed E-state index contributed by atoms with van der Waals surface area (Å²) in [6.07, 6.45) is 6.39. The molecule has 0 bridgehead atoms. The van der Waals surface area contributed by atoms with E-state index in [2.05, 4.69) is 50.1 Å². The topological polar surface area (TPSA) is 45.5 Å². The Morgan fingerprint density at radius 1 is 1.07 bits per heavy atom. The summed E-state index contributed by atoms with van der Waals surface area (Å²) in [4.78, 5) is 11.2. The lowest BCUT2D eigenvalue weighted by molar-refractivity contribution is 0.471. The summed E-state index contributed by atoms with van der Waals surface area (Å²) >= 11 is 10.4. The largest absolute Gasteiger partial charge is 0.506 e. The fourth-order valence-corrected chi connectivity index (χ4v) is 7.25. The van der Waals surface area contributed by atoms with E-state index in [4.69, 9.17) is 9.98 Å². The minimum atomic E-state index is 0.194. The molecule has 2 aromatic carbocycles. The highest BCUT2D eigenvalue weighted by Gasteiger charge is 2.24. The first kappa shape index (κ1) is 19.4. The zero-order valence-electron chi connectivity index (χ0n) is 15.3. The van der Waals surface area contributed by atoms with Crippen LogP contribution in [0.3, 0.4) is 0 Å². The molecule has 3 nitrogen and oxygen atoms in total. The van der Waals surface area contributed by atoms with Gasteiger partial charge in [-0.3, -0.25) is 0 Å². The zero-order valence-corrected chi connectivity index (χ0v) is 20.1. The number of para-hydroxylation sites is 1. The Bertz CT molecular complexity index is 1230. The minimum absolute atomic E-state index is 0.194. The Labute approximate surface area is 193 Å². The van der Waals surface area contributed by atoms with Crippen LogP contribution < -0.4 is 0 Å². The predicted molar refractivity (Wildman–Crippen MR) is 130 cm³/mol. The van der Waals surface area contributed by atoms with Gasteiger partial charge in [-0.1, -0.05) is 28.1 Å². The highest BCUT2D eigenvalue weighted by molar-refractivity contribution is 9.11. The highest BCUT2D eigenvalue weighted by Crippen LogP contribution is 2.47. The van der Waals surface area contributed by atoms with Gasteiger partial charge in [-0.05, 0) is 71.4 Å². The second-order valence-electron chi connectivity index (χ2n) is 6.96. The molecule has 146 valence electrons. The summed E-state index contributed by atoms with van der Waals surface area (Å²) in [6.45, 7) is 0. The van der Waals surface area contributed by atoms with Gasteiger partial charge in [0.15, 0.2) is 0 Å². The van der Waals surface area contributed by atoms with Crippen molar-refractivity contribution in [2.45, 2.75) is 25.7 Å². The lowest BCUT2D eigenvalue weighted by atomic mass is 9.96. The van der Waals surface area contributed by atoms with Crippen LogP contribution in [0.15, 0.2) is 50.3 Å². The first-order valence-corrected chi connectivity index (χ1v) is 12.5. The number of hydrogen-bond acceptors (Lipinski definition) is 5. The molecule has 2 heterocycles. The first-order chi connectivity index (χ1) is 14.1. The Morgan fingerprint density at radius 3 is 2.76 bits per heavy atom. The molecule has 29 heavy (non-hydrogen) atoms. The van der Waals surface area contributed by atoms with Gasteiger partial charge in [0.25, 0.3) is 0 Å². The number of aryl methyl sites for hydroxylation is 1. The number of phenols is 1. The van der Waals surface area contributed by atoms with Crippen molar-refractivity contribution in [3.8, 4) is 16.3 Å². The van der Waals surface area contributed by atoms with Gasteiger partial charge in [0.05, 0.1) is 20.3 Å². The van der Waals surface area contributed by atoms with Gasteiger partial charge in [0.1, 0.15) is 15.8 Å².